The molecule has 0 amide bonds. The topological polar surface area (TPSA) is 43.4 Å². The molecule has 0 saturated carbocycles. The third kappa shape index (κ3) is 2.50. The van der Waals surface area contributed by atoms with Crippen molar-refractivity contribution < 1.29 is 18.7 Å². The number of carbonyl (C=O) groups excluding carboxylic acids is 2. The minimum Gasteiger partial charge on any atom is -0.465 e. The summed E-state index contributed by atoms with van der Waals surface area (Å²) in [6.07, 6.45) is 0. The molecule has 3 nitrogen and oxygen atoms in total. The highest BCUT2D eigenvalue weighted by Gasteiger charge is 2.47. The van der Waals surface area contributed by atoms with Crippen LogP contribution in [0, 0.1) is 11.7 Å². The Labute approximate surface area is 139 Å². The van der Waals surface area contributed by atoms with Gasteiger partial charge in [0.25, 0.3) is 0 Å². The zero-order valence-electron chi connectivity index (χ0n) is 11.6. The summed E-state index contributed by atoms with van der Waals surface area (Å²) in [5.74, 6) is -2.63. The predicted molar refractivity (Wildman–Crippen MR) is 84.7 cm³/mol. The maximum absolute atomic E-state index is 13.6. The Bertz CT molecular complexity index is 756. The van der Waals surface area contributed by atoms with Crippen LogP contribution in [0.3, 0.4) is 0 Å². The highest BCUT2D eigenvalue weighted by molar-refractivity contribution is 9.11. The van der Waals surface area contributed by atoms with Gasteiger partial charge in [-0.2, -0.15) is 0 Å². The lowest BCUT2D eigenvalue weighted by atomic mass is 9.86. The highest BCUT2D eigenvalue weighted by atomic mass is 79.9. The number of thiophene rings is 1. The summed E-state index contributed by atoms with van der Waals surface area (Å²) in [6.45, 7) is 1.90. The smallest absolute Gasteiger partial charge is 0.317 e. The molecule has 0 fully saturated rings. The summed E-state index contributed by atoms with van der Waals surface area (Å²) in [6, 6.07) is 7.84. The summed E-state index contributed by atoms with van der Waals surface area (Å²) in [5, 5.41) is 0. The van der Waals surface area contributed by atoms with Gasteiger partial charge >= 0.3 is 5.97 Å². The number of ketones is 1. The molecule has 1 aliphatic carbocycles. The molecule has 3 rings (SSSR count). The number of halogens is 2. The van der Waals surface area contributed by atoms with Gasteiger partial charge in [-0.3, -0.25) is 9.59 Å². The Morgan fingerprint density at radius 1 is 1.41 bits per heavy atom. The number of hydrogen-bond donors (Lipinski definition) is 0. The molecule has 2 aromatic rings. The second-order valence-electron chi connectivity index (χ2n) is 4.96. The van der Waals surface area contributed by atoms with Crippen molar-refractivity contribution >= 4 is 39.0 Å². The van der Waals surface area contributed by atoms with Gasteiger partial charge in [0.2, 0.25) is 0 Å². The van der Waals surface area contributed by atoms with Crippen LogP contribution in [0.15, 0.2) is 34.1 Å². The lowest BCUT2D eigenvalue weighted by Crippen LogP contribution is -2.27. The number of fused-ring (bicyclic) bond motifs is 1. The third-order valence-corrected chi connectivity index (χ3v) is 5.32. The third-order valence-electron chi connectivity index (χ3n) is 3.65. The van der Waals surface area contributed by atoms with Crippen LogP contribution in [-0.2, 0) is 9.53 Å². The van der Waals surface area contributed by atoms with Gasteiger partial charge in [-0.1, -0.05) is 12.1 Å². The first-order valence-corrected chi connectivity index (χ1v) is 8.39. The van der Waals surface area contributed by atoms with Crippen LogP contribution in [0.2, 0.25) is 0 Å². The Morgan fingerprint density at radius 2 is 2.18 bits per heavy atom. The molecule has 6 heteroatoms. The second-order valence-corrected chi connectivity index (χ2v) is 7.39. The Kier molecular flexibility index (Phi) is 4.14. The number of esters is 1. The van der Waals surface area contributed by atoms with E-state index in [1.807, 2.05) is 6.07 Å². The van der Waals surface area contributed by atoms with Crippen molar-refractivity contribution in [3.05, 3.63) is 55.9 Å². The standard InChI is InChI=1S/C16H12BrFO3S/c1-2-21-16(20)13-12(8-4-3-5-9(18)6-8)10-7-11(17)22-15(10)14(13)19/h3-7,12-13H,2H2,1H3. The normalized spacial score (nSPS) is 20.0. The van der Waals surface area contributed by atoms with Crippen molar-refractivity contribution in [2.45, 2.75) is 12.8 Å². The maximum Gasteiger partial charge on any atom is 0.317 e. The van der Waals surface area contributed by atoms with Gasteiger partial charge in [0, 0.05) is 5.92 Å². The molecule has 2 atom stereocenters. The first-order valence-electron chi connectivity index (χ1n) is 6.78. The number of hydrogen-bond acceptors (Lipinski definition) is 4. The van der Waals surface area contributed by atoms with E-state index in [4.69, 9.17) is 4.74 Å². The van der Waals surface area contributed by atoms with E-state index in [0.29, 0.717) is 10.4 Å². The van der Waals surface area contributed by atoms with Crippen LogP contribution in [0.5, 0.6) is 0 Å². The molecule has 2 unspecified atom stereocenters. The number of rotatable bonds is 3. The van der Waals surface area contributed by atoms with E-state index in [2.05, 4.69) is 15.9 Å². The van der Waals surface area contributed by atoms with E-state index in [0.717, 1.165) is 9.35 Å². The van der Waals surface area contributed by atoms with Crippen molar-refractivity contribution in [2.24, 2.45) is 5.92 Å². The van der Waals surface area contributed by atoms with Gasteiger partial charge < -0.3 is 4.74 Å². The van der Waals surface area contributed by atoms with Crippen molar-refractivity contribution in [2.75, 3.05) is 6.61 Å². The molecule has 0 N–H and O–H groups in total. The lowest BCUT2D eigenvalue weighted by Gasteiger charge is -2.18. The van der Waals surface area contributed by atoms with E-state index in [1.54, 1.807) is 19.1 Å². The number of carbonyl (C=O) groups is 2. The predicted octanol–water partition coefficient (Wildman–Crippen LogP) is 4.16. The summed E-state index contributed by atoms with van der Waals surface area (Å²) in [5.41, 5.74) is 1.36. The van der Waals surface area contributed by atoms with Crippen molar-refractivity contribution in [1.82, 2.24) is 0 Å². The molecule has 114 valence electrons. The Balaban J connectivity index is 2.12. The fourth-order valence-corrected chi connectivity index (χ4v) is 4.46. The minimum absolute atomic E-state index is 0.204. The van der Waals surface area contributed by atoms with Gasteiger partial charge in [0.15, 0.2) is 5.78 Å². The average molecular weight is 383 g/mol. The van der Waals surface area contributed by atoms with Gasteiger partial charge in [-0.15, -0.1) is 11.3 Å². The zero-order chi connectivity index (χ0) is 15.9. The number of benzene rings is 1. The summed E-state index contributed by atoms with van der Waals surface area (Å²) < 4.78 is 19.4. The van der Waals surface area contributed by atoms with Gasteiger partial charge in [0.1, 0.15) is 11.7 Å². The van der Waals surface area contributed by atoms with Crippen LogP contribution in [0.25, 0.3) is 0 Å². The molecular weight excluding hydrogens is 371 g/mol. The summed E-state index contributed by atoms with van der Waals surface area (Å²) in [7, 11) is 0. The van der Waals surface area contributed by atoms with E-state index in [1.165, 1.54) is 23.5 Å². The largest absolute Gasteiger partial charge is 0.465 e. The monoisotopic (exact) mass is 382 g/mol. The second kappa shape index (κ2) is 5.93. The molecule has 0 bridgehead atoms. The molecule has 1 aliphatic rings. The molecular formula is C16H12BrFO3S. The van der Waals surface area contributed by atoms with Crippen molar-refractivity contribution in [1.29, 1.82) is 0 Å². The van der Waals surface area contributed by atoms with Crippen molar-refractivity contribution in [3.63, 3.8) is 0 Å². The highest BCUT2D eigenvalue weighted by Crippen LogP contribution is 2.47. The molecule has 22 heavy (non-hydrogen) atoms. The van der Waals surface area contributed by atoms with E-state index in [-0.39, 0.29) is 12.4 Å². The average Bonchev–Trinajstić information content (AvgIpc) is 2.96. The van der Waals surface area contributed by atoms with E-state index >= 15 is 0 Å². The van der Waals surface area contributed by atoms with Crippen LogP contribution in [-0.4, -0.2) is 18.4 Å². The van der Waals surface area contributed by atoms with E-state index < -0.39 is 23.6 Å². The first kappa shape index (κ1) is 15.4. The zero-order valence-corrected chi connectivity index (χ0v) is 14.0. The van der Waals surface area contributed by atoms with Crippen LogP contribution < -0.4 is 0 Å². The molecule has 1 aromatic heterocycles. The maximum atomic E-state index is 13.6. The molecule has 0 saturated heterocycles. The number of Topliss-reactive ketones (excluding diaryl/α,β-unsaturated/α-hetero) is 1. The SMILES string of the molecule is CCOC(=O)C1C(=O)c2sc(Br)cc2C1c1cccc(F)c1. The summed E-state index contributed by atoms with van der Waals surface area (Å²) in [4.78, 5) is 25.4. The fourth-order valence-electron chi connectivity index (χ4n) is 2.82. The molecule has 0 radical (unpaired) electrons. The van der Waals surface area contributed by atoms with Crippen LogP contribution >= 0.6 is 27.3 Å². The lowest BCUT2D eigenvalue weighted by molar-refractivity contribution is -0.146. The van der Waals surface area contributed by atoms with Crippen LogP contribution in [0.1, 0.15) is 33.6 Å². The van der Waals surface area contributed by atoms with Gasteiger partial charge in [-0.25, -0.2) is 4.39 Å². The Hall–Kier alpha value is -1.53. The molecule has 0 aliphatic heterocycles. The quantitative estimate of drug-likeness (QED) is 0.591. The van der Waals surface area contributed by atoms with E-state index in [9.17, 15) is 14.0 Å². The first-order chi connectivity index (χ1) is 10.5. The summed E-state index contributed by atoms with van der Waals surface area (Å²) >= 11 is 4.66. The van der Waals surface area contributed by atoms with Crippen LogP contribution in [0.4, 0.5) is 4.39 Å². The Morgan fingerprint density at radius 3 is 2.86 bits per heavy atom. The fraction of sp³-hybridized carbons (Fsp3) is 0.250. The van der Waals surface area contributed by atoms with Gasteiger partial charge in [0.05, 0.1) is 15.3 Å². The molecule has 0 spiro atoms. The minimum atomic E-state index is -0.934. The number of ether oxygens (including phenoxy) is 1. The van der Waals surface area contributed by atoms with Crippen molar-refractivity contribution in [3.8, 4) is 0 Å². The molecule has 1 heterocycles. The van der Waals surface area contributed by atoms with Gasteiger partial charge in [-0.05, 0) is 52.2 Å². The molecule has 1 aromatic carbocycles.